The molecule has 3 aromatic rings. The zero-order valence-electron chi connectivity index (χ0n) is 20.4. The van der Waals surface area contributed by atoms with E-state index in [1.807, 2.05) is 6.92 Å². The van der Waals surface area contributed by atoms with Crippen molar-refractivity contribution in [2.45, 2.75) is 57.1 Å². The van der Waals surface area contributed by atoms with Crippen molar-refractivity contribution in [1.82, 2.24) is 30.3 Å². The number of hydrogen-bond acceptors (Lipinski definition) is 8. The van der Waals surface area contributed by atoms with Gasteiger partial charge in [0.05, 0.1) is 18.0 Å². The van der Waals surface area contributed by atoms with E-state index in [0.717, 1.165) is 24.3 Å². The predicted octanol–water partition coefficient (Wildman–Crippen LogP) is 4.13. The lowest BCUT2D eigenvalue weighted by Gasteiger charge is -2.55. The first-order chi connectivity index (χ1) is 17.9. The van der Waals surface area contributed by atoms with Crippen molar-refractivity contribution in [3.8, 4) is 5.69 Å². The summed E-state index contributed by atoms with van der Waals surface area (Å²) >= 11 is 2.48. The van der Waals surface area contributed by atoms with Crippen molar-refractivity contribution in [2.75, 3.05) is 11.1 Å². The molecule has 0 radical (unpaired) electrons. The highest BCUT2D eigenvalue weighted by Gasteiger charge is 2.54. The number of thioether (sulfide) groups is 1. The van der Waals surface area contributed by atoms with Gasteiger partial charge in [-0.05, 0) is 81.4 Å². The summed E-state index contributed by atoms with van der Waals surface area (Å²) in [4.78, 5) is 25.9. The summed E-state index contributed by atoms with van der Waals surface area (Å²) in [5, 5.41) is 23.9. The van der Waals surface area contributed by atoms with Crippen LogP contribution < -0.4 is 10.6 Å². The third-order valence-electron chi connectivity index (χ3n) is 7.80. The highest BCUT2D eigenvalue weighted by molar-refractivity contribution is 7.99. The zero-order valence-corrected chi connectivity index (χ0v) is 22.1. The van der Waals surface area contributed by atoms with E-state index in [2.05, 4.69) is 31.0 Å². The Bertz CT molecular complexity index is 1300. The van der Waals surface area contributed by atoms with Crippen LogP contribution in [0.15, 0.2) is 29.4 Å². The molecule has 194 valence electrons. The molecule has 0 unspecified atom stereocenters. The first-order valence-corrected chi connectivity index (χ1v) is 14.4. The van der Waals surface area contributed by atoms with E-state index in [1.54, 1.807) is 16.7 Å². The molecule has 0 saturated heterocycles. The molecule has 0 atom stereocenters. The number of anilines is 1. The molecule has 37 heavy (non-hydrogen) atoms. The van der Waals surface area contributed by atoms with E-state index in [0.29, 0.717) is 39.6 Å². The number of rotatable bonds is 8. The minimum atomic E-state index is -0.393. The Labute approximate surface area is 222 Å². The van der Waals surface area contributed by atoms with Gasteiger partial charge >= 0.3 is 0 Å². The van der Waals surface area contributed by atoms with E-state index in [4.69, 9.17) is 0 Å². The molecule has 4 fully saturated rings. The zero-order chi connectivity index (χ0) is 25.6. The average Bonchev–Trinajstić information content (AvgIpc) is 3.45. The Morgan fingerprint density at radius 2 is 1.84 bits per heavy atom. The summed E-state index contributed by atoms with van der Waals surface area (Å²) in [7, 11) is 0. The van der Waals surface area contributed by atoms with Crippen molar-refractivity contribution in [3.05, 3.63) is 40.9 Å². The van der Waals surface area contributed by atoms with E-state index >= 15 is 0 Å². The largest absolute Gasteiger partial charge is 0.348 e. The Kier molecular flexibility index (Phi) is 6.47. The molecular formula is C25H28FN7O2S2. The fraction of sp³-hybridized carbons (Fsp3) is 0.520. The molecule has 0 aliphatic heterocycles. The van der Waals surface area contributed by atoms with Crippen molar-refractivity contribution in [3.63, 3.8) is 0 Å². The van der Waals surface area contributed by atoms with Gasteiger partial charge in [-0.2, -0.15) is 0 Å². The fourth-order valence-electron chi connectivity index (χ4n) is 6.75. The van der Waals surface area contributed by atoms with Gasteiger partial charge in [-0.25, -0.2) is 4.39 Å². The smallest absolute Gasteiger partial charge is 0.236 e. The van der Waals surface area contributed by atoms with Crippen molar-refractivity contribution < 1.29 is 14.0 Å². The van der Waals surface area contributed by atoms with Crippen molar-refractivity contribution in [2.24, 2.45) is 23.2 Å². The number of carbonyl (C=O) groups is 2. The van der Waals surface area contributed by atoms with Crippen LogP contribution in [0.4, 0.5) is 9.52 Å². The SMILES string of the molecule is Cc1nnc(NC(=O)CSc2nnc(CNC(=O)C34CC5CC(CC(C5)C3)C4)n2-c2cccc(F)c2)s1. The summed E-state index contributed by atoms with van der Waals surface area (Å²) in [6, 6.07) is 6.13. The van der Waals surface area contributed by atoms with Gasteiger partial charge in [0.25, 0.3) is 0 Å². The monoisotopic (exact) mass is 541 g/mol. The molecule has 9 nitrogen and oxygen atoms in total. The minimum absolute atomic E-state index is 0.0612. The third-order valence-corrected chi connectivity index (χ3v) is 9.48. The number of carbonyl (C=O) groups excluding carboxylic acids is 2. The highest BCUT2D eigenvalue weighted by atomic mass is 32.2. The van der Waals surface area contributed by atoms with Crippen LogP contribution in [0.3, 0.4) is 0 Å². The standard InChI is InChI=1S/C25H28FN7O2S2/c1-14-29-31-23(37-14)28-21(34)13-36-24-32-30-20(33(24)19-4-2-3-18(26)8-19)12-27-22(35)25-9-15-5-16(10-25)7-17(6-15)11-25/h2-4,8,15-17H,5-7,9-13H2,1H3,(H,27,35)(H,28,31,34). The molecule has 1 aromatic carbocycles. The molecule has 0 spiro atoms. The summed E-state index contributed by atoms with van der Waals surface area (Å²) in [6.45, 7) is 1.99. The topological polar surface area (TPSA) is 115 Å². The summed E-state index contributed by atoms with van der Waals surface area (Å²) in [5.41, 5.74) is 0.267. The van der Waals surface area contributed by atoms with Crippen LogP contribution >= 0.6 is 23.1 Å². The lowest BCUT2D eigenvalue weighted by molar-refractivity contribution is -0.146. The van der Waals surface area contributed by atoms with Gasteiger partial charge < -0.3 is 5.32 Å². The van der Waals surface area contributed by atoms with E-state index < -0.39 is 5.82 Å². The molecule has 2 aromatic heterocycles. The van der Waals surface area contributed by atoms with Gasteiger partial charge in [-0.15, -0.1) is 20.4 Å². The Balaban J connectivity index is 1.18. The van der Waals surface area contributed by atoms with Gasteiger partial charge in [0.2, 0.25) is 16.9 Å². The molecule has 7 rings (SSSR count). The number of aromatic nitrogens is 5. The summed E-state index contributed by atoms with van der Waals surface area (Å²) in [6.07, 6.45) is 6.75. The lowest BCUT2D eigenvalue weighted by Crippen LogP contribution is -2.53. The fourth-order valence-corrected chi connectivity index (χ4v) is 8.13. The Morgan fingerprint density at radius 1 is 1.11 bits per heavy atom. The average molecular weight is 542 g/mol. The van der Waals surface area contributed by atoms with Crippen LogP contribution in [0.5, 0.6) is 0 Å². The van der Waals surface area contributed by atoms with Gasteiger partial charge in [0, 0.05) is 5.41 Å². The van der Waals surface area contributed by atoms with Gasteiger partial charge in [0.1, 0.15) is 10.8 Å². The summed E-state index contributed by atoms with van der Waals surface area (Å²) < 4.78 is 15.8. The van der Waals surface area contributed by atoms with E-state index in [1.165, 1.54) is 54.5 Å². The number of hydrogen-bond donors (Lipinski definition) is 2. The van der Waals surface area contributed by atoms with Crippen LogP contribution in [0.25, 0.3) is 5.69 Å². The highest BCUT2D eigenvalue weighted by Crippen LogP contribution is 2.60. The molecule has 4 bridgehead atoms. The predicted molar refractivity (Wildman–Crippen MR) is 138 cm³/mol. The van der Waals surface area contributed by atoms with Gasteiger partial charge in [-0.3, -0.25) is 19.5 Å². The first kappa shape index (κ1) is 24.5. The number of nitrogens with zero attached hydrogens (tertiary/aromatic N) is 5. The maximum absolute atomic E-state index is 14.1. The Morgan fingerprint density at radius 3 is 2.49 bits per heavy atom. The molecule has 2 N–H and O–H groups in total. The molecule has 4 aliphatic rings. The van der Waals surface area contributed by atoms with Crippen LogP contribution in [-0.2, 0) is 16.1 Å². The Hall–Kier alpha value is -2.86. The van der Waals surface area contributed by atoms with Crippen molar-refractivity contribution >= 4 is 40.0 Å². The van der Waals surface area contributed by atoms with Gasteiger partial charge in [-0.1, -0.05) is 29.2 Å². The van der Waals surface area contributed by atoms with Crippen LogP contribution in [0, 0.1) is 35.9 Å². The second kappa shape index (κ2) is 9.79. The van der Waals surface area contributed by atoms with E-state index in [9.17, 15) is 14.0 Å². The normalized spacial score (nSPS) is 25.8. The molecule has 4 aliphatic carbocycles. The first-order valence-electron chi connectivity index (χ1n) is 12.6. The lowest BCUT2D eigenvalue weighted by atomic mass is 9.49. The van der Waals surface area contributed by atoms with Crippen LogP contribution in [0.2, 0.25) is 0 Å². The molecule has 12 heteroatoms. The van der Waals surface area contributed by atoms with Gasteiger partial charge in [0.15, 0.2) is 11.0 Å². The quantitative estimate of drug-likeness (QED) is 0.412. The number of nitrogens with one attached hydrogen (secondary N) is 2. The summed E-state index contributed by atoms with van der Waals surface area (Å²) in [5.74, 6) is 2.02. The number of amides is 2. The number of halogens is 1. The maximum atomic E-state index is 14.1. The third kappa shape index (κ3) is 5.00. The molecular weight excluding hydrogens is 513 g/mol. The molecule has 4 saturated carbocycles. The minimum Gasteiger partial charge on any atom is -0.348 e. The van der Waals surface area contributed by atoms with Crippen LogP contribution in [0.1, 0.15) is 49.4 Å². The number of benzene rings is 1. The molecule has 2 heterocycles. The van der Waals surface area contributed by atoms with Crippen LogP contribution in [-0.4, -0.2) is 42.5 Å². The number of aryl methyl sites for hydroxylation is 1. The van der Waals surface area contributed by atoms with Crippen molar-refractivity contribution in [1.29, 1.82) is 0 Å². The second-order valence-electron chi connectivity index (χ2n) is 10.6. The van der Waals surface area contributed by atoms with E-state index in [-0.39, 0.29) is 29.5 Å². The molecule has 2 amide bonds. The maximum Gasteiger partial charge on any atom is 0.236 e. The second-order valence-corrected chi connectivity index (χ2v) is 12.7.